The zero-order valence-corrected chi connectivity index (χ0v) is 29.7. The lowest BCUT2D eigenvalue weighted by molar-refractivity contribution is 0.669. The average molecular weight is 715 g/mol. The SMILES string of the molecule is c1ccc(-c2nc(-c3cccc(-c4cccc5c4sc4ccccc45)c3)nc(-c3cccc4oc5cccc(-c6nc7ccccc7s6)c5c34)n2)cc1. The molecule has 53 heavy (non-hydrogen) atoms. The summed E-state index contributed by atoms with van der Waals surface area (Å²) in [6.07, 6.45) is 0. The molecule has 0 aliphatic heterocycles. The number of hydrogen-bond donors (Lipinski definition) is 0. The fourth-order valence-corrected chi connectivity index (χ4v) is 9.60. The Labute approximate surface area is 311 Å². The number of thiazole rings is 1. The molecular formula is C46H26N4OS2. The first-order valence-corrected chi connectivity index (χ1v) is 19.0. The van der Waals surface area contributed by atoms with E-state index in [-0.39, 0.29) is 0 Å². The number of thiophene rings is 1. The minimum Gasteiger partial charge on any atom is -0.456 e. The van der Waals surface area contributed by atoms with Crippen molar-refractivity contribution in [1.82, 2.24) is 19.9 Å². The molecule has 7 heteroatoms. The van der Waals surface area contributed by atoms with Crippen molar-refractivity contribution in [3.8, 4) is 55.9 Å². The largest absolute Gasteiger partial charge is 0.456 e. The van der Waals surface area contributed by atoms with Gasteiger partial charge >= 0.3 is 0 Å². The van der Waals surface area contributed by atoms with Gasteiger partial charge in [0, 0.05) is 53.2 Å². The molecular weight excluding hydrogens is 689 g/mol. The van der Waals surface area contributed by atoms with Gasteiger partial charge in [-0.15, -0.1) is 22.7 Å². The number of hydrogen-bond acceptors (Lipinski definition) is 7. The van der Waals surface area contributed by atoms with Gasteiger partial charge < -0.3 is 4.42 Å². The van der Waals surface area contributed by atoms with Crippen molar-refractivity contribution >= 4 is 75.0 Å². The van der Waals surface area contributed by atoms with Crippen molar-refractivity contribution in [2.75, 3.05) is 0 Å². The molecule has 0 unspecified atom stereocenters. The summed E-state index contributed by atoms with van der Waals surface area (Å²) in [7, 11) is 0. The second-order valence-corrected chi connectivity index (χ2v) is 15.1. The highest BCUT2D eigenvalue weighted by molar-refractivity contribution is 7.26. The summed E-state index contributed by atoms with van der Waals surface area (Å²) >= 11 is 3.52. The molecule has 0 amide bonds. The van der Waals surface area contributed by atoms with Gasteiger partial charge in [-0.25, -0.2) is 19.9 Å². The van der Waals surface area contributed by atoms with Gasteiger partial charge in [-0.3, -0.25) is 0 Å². The molecule has 0 atom stereocenters. The van der Waals surface area contributed by atoms with E-state index in [0.717, 1.165) is 65.0 Å². The van der Waals surface area contributed by atoms with E-state index in [1.807, 2.05) is 72.0 Å². The predicted molar refractivity (Wildman–Crippen MR) is 220 cm³/mol. The van der Waals surface area contributed by atoms with E-state index in [4.69, 9.17) is 24.4 Å². The molecule has 0 N–H and O–H groups in total. The third kappa shape index (κ3) is 4.97. The van der Waals surface area contributed by atoms with Gasteiger partial charge in [0.25, 0.3) is 0 Å². The van der Waals surface area contributed by atoms with Crippen LogP contribution in [0.4, 0.5) is 0 Å². The van der Waals surface area contributed by atoms with Gasteiger partial charge in [0.1, 0.15) is 16.2 Å². The Morgan fingerprint density at radius 3 is 1.85 bits per heavy atom. The van der Waals surface area contributed by atoms with E-state index >= 15 is 0 Å². The Morgan fingerprint density at radius 2 is 1.00 bits per heavy atom. The average Bonchev–Trinajstić information content (AvgIpc) is 3.94. The maximum Gasteiger partial charge on any atom is 0.164 e. The maximum absolute atomic E-state index is 6.51. The summed E-state index contributed by atoms with van der Waals surface area (Å²) in [5.74, 6) is 1.80. The Balaban J connectivity index is 1.12. The number of benzene rings is 7. The van der Waals surface area contributed by atoms with Crippen LogP contribution in [0, 0.1) is 0 Å². The van der Waals surface area contributed by atoms with E-state index in [1.165, 1.54) is 25.7 Å². The number of fused-ring (bicyclic) bond motifs is 7. The van der Waals surface area contributed by atoms with Crippen molar-refractivity contribution < 1.29 is 4.42 Å². The van der Waals surface area contributed by atoms with E-state index in [1.54, 1.807) is 11.3 Å². The van der Waals surface area contributed by atoms with Gasteiger partial charge in [-0.05, 0) is 47.5 Å². The molecule has 7 aromatic carbocycles. The summed E-state index contributed by atoms with van der Waals surface area (Å²) in [5.41, 5.74) is 8.60. The number of para-hydroxylation sites is 1. The quantitative estimate of drug-likeness (QED) is 0.178. The standard InChI is InChI=1S/C46H26N4OS2/c1-2-12-27(13-3-1)43-48-44(29-15-8-14-28(26-29)30-17-9-18-32-31-16-4-6-24-38(31)52-42(30)32)50-45(49-43)33-19-10-22-36-40(33)41-34(20-11-23-37(41)51-36)46-47-35-21-5-7-25-39(35)53-46/h1-26H. The summed E-state index contributed by atoms with van der Waals surface area (Å²) in [6.45, 7) is 0. The Bertz CT molecular complexity index is 3160. The number of furan rings is 1. The van der Waals surface area contributed by atoms with Gasteiger partial charge in [0.05, 0.1) is 10.2 Å². The molecule has 248 valence electrons. The molecule has 0 radical (unpaired) electrons. The molecule has 0 aliphatic carbocycles. The molecule has 11 rings (SSSR count). The van der Waals surface area contributed by atoms with Crippen molar-refractivity contribution in [2.24, 2.45) is 0 Å². The normalized spacial score (nSPS) is 11.8. The lowest BCUT2D eigenvalue weighted by atomic mass is 10.00. The Morgan fingerprint density at radius 1 is 0.396 bits per heavy atom. The molecule has 0 spiro atoms. The molecule has 0 saturated carbocycles. The van der Waals surface area contributed by atoms with Crippen LogP contribution in [-0.2, 0) is 0 Å². The Hall–Kier alpha value is -6.54. The first-order chi connectivity index (χ1) is 26.2. The first kappa shape index (κ1) is 30.1. The van der Waals surface area contributed by atoms with Gasteiger partial charge in [-0.1, -0.05) is 121 Å². The van der Waals surface area contributed by atoms with Gasteiger partial charge in [-0.2, -0.15) is 0 Å². The van der Waals surface area contributed by atoms with Crippen LogP contribution in [0.2, 0.25) is 0 Å². The van der Waals surface area contributed by atoms with Crippen molar-refractivity contribution in [3.05, 3.63) is 158 Å². The van der Waals surface area contributed by atoms with Crippen LogP contribution in [0.1, 0.15) is 0 Å². The number of aromatic nitrogens is 4. The van der Waals surface area contributed by atoms with Crippen LogP contribution >= 0.6 is 22.7 Å². The topological polar surface area (TPSA) is 64.7 Å². The zero-order chi connectivity index (χ0) is 34.9. The van der Waals surface area contributed by atoms with Gasteiger partial charge in [0.15, 0.2) is 17.5 Å². The van der Waals surface area contributed by atoms with Crippen LogP contribution in [-0.4, -0.2) is 19.9 Å². The van der Waals surface area contributed by atoms with Crippen molar-refractivity contribution in [3.63, 3.8) is 0 Å². The summed E-state index contributed by atoms with van der Waals surface area (Å²) in [5, 5.41) is 5.46. The Kier molecular flexibility index (Phi) is 6.83. The monoisotopic (exact) mass is 714 g/mol. The lowest BCUT2D eigenvalue weighted by Gasteiger charge is -2.11. The molecule has 0 aliphatic rings. The summed E-state index contributed by atoms with van der Waals surface area (Å²) in [6, 6.07) is 54.4. The van der Waals surface area contributed by atoms with E-state index in [9.17, 15) is 0 Å². The summed E-state index contributed by atoms with van der Waals surface area (Å²) in [4.78, 5) is 20.5. The summed E-state index contributed by atoms with van der Waals surface area (Å²) < 4.78 is 10.2. The fourth-order valence-electron chi connectivity index (χ4n) is 7.36. The third-order valence-electron chi connectivity index (χ3n) is 9.79. The highest BCUT2D eigenvalue weighted by Gasteiger charge is 2.21. The van der Waals surface area contributed by atoms with E-state index in [2.05, 4.69) is 97.1 Å². The van der Waals surface area contributed by atoms with Crippen LogP contribution in [0.15, 0.2) is 162 Å². The first-order valence-electron chi connectivity index (χ1n) is 17.4. The third-order valence-corrected chi connectivity index (χ3v) is 12.1. The van der Waals surface area contributed by atoms with Crippen molar-refractivity contribution in [1.29, 1.82) is 0 Å². The molecule has 4 heterocycles. The second-order valence-electron chi connectivity index (χ2n) is 13.0. The van der Waals surface area contributed by atoms with Crippen LogP contribution in [0.5, 0.6) is 0 Å². The molecule has 11 aromatic rings. The highest BCUT2D eigenvalue weighted by atomic mass is 32.1. The fraction of sp³-hybridized carbons (Fsp3) is 0. The smallest absolute Gasteiger partial charge is 0.164 e. The zero-order valence-electron chi connectivity index (χ0n) is 28.0. The van der Waals surface area contributed by atoms with Crippen LogP contribution < -0.4 is 0 Å². The second kappa shape index (κ2) is 12.0. The molecule has 0 saturated heterocycles. The minimum atomic E-state index is 0.582. The lowest BCUT2D eigenvalue weighted by Crippen LogP contribution is -2.00. The van der Waals surface area contributed by atoms with Gasteiger partial charge in [0.2, 0.25) is 0 Å². The van der Waals surface area contributed by atoms with E-state index < -0.39 is 0 Å². The van der Waals surface area contributed by atoms with Crippen molar-refractivity contribution in [2.45, 2.75) is 0 Å². The highest BCUT2D eigenvalue weighted by Crippen LogP contribution is 2.44. The van der Waals surface area contributed by atoms with E-state index in [0.29, 0.717) is 17.5 Å². The predicted octanol–water partition coefficient (Wildman–Crippen LogP) is 13.1. The van der Waals surface area contributed by atoms with Crippen LogP contribution in [0.25, 0.3) is 108 Å². The number of nitrogens with zero attached hydrogens (tertiary/aromatic N) is 4. The molecule has 5 nitrogen and oxygen atoms in total. The maximum atomic E-state index is 6.51. The number of rotatable bonds is 5. The molecule has 4 aromatic heterocycles. The minimum absolute atomic E-state index is 0.582. The molecule has 0 bridgehead atoms. The van der Waals surface area contributed by atoms with Crippen LogP contribution in [0.3, 0.4) is 0 Å². The molecule has 0 fully saturated rings.